The normalized spacial score (nSPS) is 14.9. The monoisotopic (exact) mass is 516 g/mol. The van der Waals surface area contributed by atoms with Crippen molar-refractivity contribution in [2.24, 2.45) is 5.92 Å². The molecule has 0 spiro atoms. The summed E-state index contributed by atoms with van der Waals surface area (Å²) >= 11 is 14.3. The second-order valence-electron chi connectivity index (χ2n) is 8.97. The summed E-state index contributed by atoms with van der Waals surface area (Å²) in [4.78, 5) is 12.7. The molecule has 1 atom stereocenters. The first-order valence-corrected chi connectivity index (χ1v) is 13.5. The summed E-state index contributed by atoms with van der Waals surface area (Å²) < 4.78 is 1.93. The fourth-order valence-corrected chi connectivity index (χ4v) is 5.99. The molecule has 1 unspecified atom stereocenters. The molecule has 1 saturated carbocycles. The third-order valence-electron chi connectivity index (χ3n) is 6.45. The number of nitrogens with zero attached hydrogens (tertiary/aromatic N) is 3. The van der Waals surface area contributed by atoms with Gasteiger partial charge >= 0.3 is 0 Å². The largest absolute Gasteiger partial charge is 0.346 e. The highest BCUT2D eigenvalue weighted by atomic mass is 35.5. The number of hydrogen-bond acceptors (Lipinski definition) is 4. The van der Waals surface area contributed by atoms with Gasteiger partial charge in [0.1, 0.15) is 0 Å². The third-order valence-corrected chi connectivity index (χ3v) is 7.96. The quantitative estimate of drug-likeness (QED) is 0.302. The summed E-state index contributed by atoms with van der Waals surface area (Å²) in [5.41, 5.74) is 3.21. The smallest absolute Gasteiger partial charge is 0.220 e. The van der Waals surface area contributed by atoms with Crippen molar-refractivity contribution in [1.82, 2.24) is 20.1 Å². The summed E-state index contributed by atoms with van der Waals surface area (Å²) in [6.45, 7) is 4.04. The van der Waals surface area contributed by atoms with E-state index in [0.717, 1.165) is 23.0 Å². The number of carbonyl (C=O) groups is 1. The number of amides is 1. The van der Waals surface area contributed by atoms with Crippen LogP contribution in [0.5, 0.6) is 0 Å². The molecule has 1 amide bonds. The molecular weight excluding hydrogens is 487 g/mol. The molecular formula is C26H30Cl2N4OS. The molecule has 3 aromatic rings. The first-order chi connectivity index (χ1) is 16.4. The highest BCUT2D eigenvalue weighted by Gasteiger charge is 2.23. The van der Waals surface area contributed by atoms with Gasteiger partial charge in [0.2, 0.25) is 5.91 Å². The number of rotatable bonds is 9. The van der Waals surface area contributed by atoms with E-state index >= 15 is 0 Å². The fraction of sp³-hybridized carbons (Fsp3) is 0.423. The summed E-state index contributed by atoms with van der Waals surface area (Å²) in [6, 6.07) is 13.4. The second-order valence-corrected chi connectivity index (χ2v) is 10.8. The van der Waals surface area contributed by atoms with E-state index in [1.807, 2.05) is 29.7 Å². The van der Waals surface area contributed by atoms with Crippen LogP contribution < -0.4 is 5.32 Å². The minimum absolute atomic E-state index is 0.0465. The van der Waals surface area contributed by atoms with Crippen LogP contribution in [0, 0.1) is 12.8 Å². The lowest BCUT2D eigenvalue weighted by atomic mass is 10.0. The van der Waals surface area contributed by atoms with Crippen molar-refractivity contribution in [2.45, 2.75) is 69.3 Å². The minimum Gasteiger partial charge on any atom is -0.346 e. The molecule has 1 aliphatic rings. The third kappa shape index (κ3) is 6.15. The highest BCUT2D eigenvalue weighted by Crippen LogP contribution is 2.33. The zero-order valence-corrected chi connectivity index (χ0v) is 21.9. The van der Waals surface area contributed by atoms with Crippen LogP contribution in [0.25, 0.3) is 5.69 Å². The van der Waals surface area contributed by atoms with Crippen molar-refractivity contribution in [1.29, 1.82) is 0 Å². The zero-order valence-electron chi connectivity index (χ0n) is 19.6. The molecule has 0 aliphatic heterocycles. The van der Waals surface area contributed by atoms with Crippen LogP contribution in [0.2, 0.25) is 10.0 Å². The van der Waals surface area contributed by atoms with Crippen LogP contribution >= 0.6 is 35.0 Å². The summed E-state index contributed by atoms with van der Waals surface area (Å²) in [5.74, 6) is 2.12. The van der Waals surface area contributed by atoms with Crippen LogP contribution in [0.15, 0.2) is 47.6 Å². The van der Waals surface area contributed by atoms with Crippen molar-refractivity contribution < 1.29 is 4.79 Å². The Morgan fingerprint density at radius 2 is 1.94 bits per heavy atom. The first-order valence-electron chi connectivity index (χ1n) is 11.8. The Labute approximate surface area is 215 Å². The van der Waals surface area contributed by atoms with Gasteiger partial charge in [-0.1, -0.05) is 84.9 Å². The Morgan fingerprint density at radius 1 is 1.18 bits per heavy atom. The van der Waals surface area contributed by atoms with Gasteiger partial charge in [0, 0.05) is 17.2 Å². The van der Waals surface area contributed by atoms with Gasteiger partial charge in [0.25, 0.3) is 0 Å². The maximum absolute atomic E-state index is 12.7. The maximum Gasteiger partial charge on any atom is 0.220 e. The van der Waals surface area contributed by atoms with E-state index in [9.17, 15) is 4.79 Å². The lowest BCUT2D eigenvalue weighted by molar-refractivity contribution is -0.122. The van der Waals surface area contributed by atoms with Gasteiger partial charge in [-0.15, -0.1) is 10.2 Å². The van der Waals surface area contributed by atoms with E-state index in [1.165, 1.54) is 36.8 Å². The summed E-state index contributed by atoms with van der Waals surface area (Å²) in [7, 11) is 0. The Bertz CT molecular complexity index is 1140. The molecule has 8 heteroatoms. The first kappa shape index (κ1) is 25.1. The number of aryl methyl sites for hydroxylation is 1. The predicted octanol–water partition coefficient (Wildman–Crippen LogP) is 7.32. The lowest BCUT2D eigenvalue weighted by Gasteiger charge is -2.18. The molecule has 34 heavy (non-hydrogen) atoms. The van der Waals surface area contributed by atoms with Crippen LogP contribution in [0.3, 0.4) is 0 Å². The molecule has 2 aromatic carbocycles. The Morgan fingerprint density at radius 3 is 2.68 bits per heavy atom. The summed E-state index contributed by atoms with van der Waals surface area (Å²) in [5, 5.41) is 13.8. The van der Waals surface area contributed by atoms with Gasteiger partial charge in [-0.2, -0.15) is 0 Å². The molecule has 180 valence electrons. The zero-order chi connectivity index (χ0) is 24.1. The number of thioether (sulfide) groups is 1. The number of nitrogens with one attached hydrogen (secondary N) is 1. The summed E-state index contributed by atoms with van der Waals surface area (Å²) in [6.07, 6.45) is 6.56. The molecule has 0 radical (unpaired) electrons. The van der Waals surface area contributed by atoms with E-state index in [1.54, 1.807) is 23.9 Å². The van der Waals surface area contributed by atoms with Crippen molar-refractivity contribution in [3.63, 3.8) is 0 Å². The van der Waals surface area contributed by atoms with Gasteiger partial charge in [0.15, 0.2) is 11.0 Å². The van der Waals surface area contributed by atoms with Gasteiger partial charge in [-0.3, -0.25) is 9.36 Å². The average molecular weight is 518 g/mol. The van der Waals surface area contributed by atoms with Gasteiger partial charge < -0.3 is 5.32 Å². The number of benzene rings is 2. The lowest BCUT2D eigenvalue weighted by Crippen LogP contribution is -2.28. The maximum atomic E-state index is 12.7. The fourth-order valence-electron chi connectivity index (χ4n) is 4.47. The molecule has 4 rings (SSSR count). The second kappa shape index (κ2) is 11.6. The Balaban J connectivity index is 1.56. The molecule has 0 saturated heterocycles. The molecule has 5 nitrogen and oxygen atoms in total. The predicted molar refractivity (Wildman–Crippen MR) is 140 cm³/mol. The molecule has 1 heterocycles. The van der Waals surface area contributed by atoms with Crippen molar-refractivity contribution in [2.75, 3.05) is 0 Å². The molecule has 1 N–H and O–H groups in total. The van der Waals surface area contributed by atoms with Crippen LogP contribution in [0.1, 0.15) is 68.4 Å². The van der Waals surface area contributed by atoms with Crippen LogP contribution in [0.4, 0.5) is 0 Å². The average Bonchev–Trinajstić information content (AvgIpc) is 3.47. The molecule has 0 bridgehead atoms. The topological polar surface area (TPSA) is 59.8 Å². The molecule has 1 fully saturated rings. The molecule has 1 aliphatic carbocycles. The van der Waals surface area contributed by atoms with E-state index < -0.39 is 0 Å². The standard InChI is InChI=1S/C26H30Cl2N4OS/c1-17-7-3-6-10-20(17)16-34-26-31-30-25(32(26)23-13-12-21(27)15-22(23)28)18(2)29-24(33)14-11-19-8-4-5-9-19/h3,6-7,10,12-13,15,18-19H,4-5,8-9,11,14,16H2,1-2H3,(H,29,33). The Kier molecular flexibility index (Phi) is 8.56. The van der Waals surface area contributed by atoms with Crippen LogP contribution in [-0.2, 0) is 10.5 Å². The number of carbonyl (C=O) groups excluding carboxylic acids is 1. The van der Waals surface area contributed by atoms with E-state index in [0.29, 0.717) is 28.2 Å². The van der Waals surface area contributed by atoms with Gasteiger partial charge in [-0.25, -0.2) is 0 Å². The SMILES string of the molecule is Cc1ccccc1CSc1nnc(C(C)NC(=O)CCC2CCCC2)n1-c1ccc(Cl)cc1Cl. The number of aromatic nitrogens is 3. The number of hydrogen-bond donors (Lipinski definition) is 1. The molecule has 1 aromatic heterocycles. The van der Waals surface area contributed by atoms with Crippen molar-refractivity contribution >= 4 is 40.9 Å². The van der Waals surface area contributed by atoms with E-state index in [4.69, 9.17) is 23.2 Å². The highest BCUT2D eigenvalue weighted by molar-refractivity contribution is 7.98. The van der Waals surface area contributed by atoms with Gasteiger partial charge in [0.05, 0.1) is 16.8 Å². The van der Waals surface area contributed by atoms with Crippen LogP contribution in [-0.4, -0.2) is 20.7 Å². The van der Waals surface area contributed by atoms with Crippen molar-refractivity contribution in [3.05, 3.63) is 69.5 Å². The van der Waals surface area contributed by atoms with Gasteiger partial charge in [-0.05, 0) is 55.5 Å². The Hall–Kier alpha value is -2.02. The number of halogens is 2. The van der Waals surface area contributed by atoms with E-state index in [-0.39, 0.29) is 11.9 Å². The minimum atomic E-state index is -0.317. The van der Waals surface area contributed by atoms with E-state index in [2.05, 4.69) is 34.6 Å². The van der Waals surface area contributed by atoms with Crippen molar-refractivity contribution in [3.8, 4) is 5.69 Å².